The van der Waals surface area contributed by atoms with Crippen LogP contribution in [0.15, 0.2) is 42.5 Å². The molecule has 0 heterocycles. The van der Waals surface area contributed by atoms with Crippen molar-refractivity contribution in [2.24, 2.45) is 0 Å². The van der Waals surface area contributed by atoms with Gasteiger partial charge in [0.1, 0.15) is 6.10 Å². The Hall–Kier alpha value is -2.04. The number of rotatable bonds is 8. The predicted octanol–water partition coefficient (Wildman–Crippen LogP) is 3.71. The molecule has 0 saturated heterocycles. The lowest BCUT2D eigenvalue weighted by molar-refractivity contribution is 0.118. The molecule has 0 aliphatic carbocycles. The van der Waals surface area contributed by atoms with Crippen LogP contribution in [-0.4, -0.2) is 25.9 Å². The van der Waals surface area contributed by atoms with E-state index in [1.165, 1.54) is 0 Å². The molecule has 4 nitrogen and oxygen atoms in total. The lowest BCUT2D eigenvalue weighted by Crippen LogP contribution is -2.06. The first kappa shape index (κ1) is 17.3. The van der Waals surface area contributed by atoms with Gasteiger partial charge in [0.15, 0.2) is 11.5 Å². The van der Waals surface area contributed by atoms with Crippen molar-refractivity contribution in [3.8, 4) is 11.5 Å². The van der Waals surface area contributed by atoms with Crippen LogP contribution in [0.5, 0.6) is 11.5 Å². The van der Waals surface area contributed by atoms with Gasteiger partial charge in [-0.2, -0.15) is 0 Å². The summed E-state index contributed by atoms with van der Waals surface area (Å²) in [5, 5.41) is 10.8. The molecule has 2 aromatic carbocycles. The maximum absolute atomic E-state index is 10.8. The van der Waals surface area contributed by atoms with Gasteiger partial charge in [0.2, 0.25) is 0 Å². The van der Waals surface area contributed by atoms with Gasteiger partial charge in [-0.05, 0) is 35.2 Å². The molecule has 2 aromatic rings. The third kappa shape index (κ3) is 4.24. The van der Waals surface area contributed by atoms with E-state index in [1.54, 1.807) is 26.4 Å². The first-order valence-corrected chi connectivity index (χ1v) is 7.76. The van der Waals surface area contributed by atoms with E-state index in [-0.39, 0.29) is 0 Å². The molecule has 1 N–H and O–H groups in total. The molecular weight excluding hydrogens is 292 g/mol. The molecule has 0 saturated carbocycles. The van der Waals surface area contributed by atoms with E-state index in [4.69, 9.17) is 14.2 Å². The highest BCUT2D eigenvalue weighted by Crippen LogP contribution is 2.33. The molecule has 0 aliphatic rings. The average Bonchev–Trinajstić information content (AvgIpc) is 2.61. The molecule has 1 unspecified atom stereocenters. The summed E-state index contributed by atoms with van der Waals surface area (Å²) in [5.41, 5.74) is 2.59. The molecule has 2 rings (SSSR count). The number of aliphatic hydroxyl groups is 1. The van der Waals surface area contributed by atoms with Gasteiger partial charge in [-0.25, -0.2) is 0 Å². The van der Waals surface area contributed by atoms with Gasteiger partial charge < -0.3 is 19.3 Å². The number of hydrogen-bond acceptors (Lipinski definition) is 4. The fourth-order valence-electron chi connectivity index (χ4n) is 2.46. The van der Waals surface area contributed by atoms with Crippen molar-refractivity contribution in [2.75, 3.05) is 20.8 Å². The summed E-state index contributed by atoms with van der Waals surface area (Å²) < 4.78 is 16.2. The van der Waals surface area contributed by atoms with Gasteiger partial charge in [0, 0.05) is 6.61 Å². The molecule has 4 heteroatoms. The van der Waals surface area contributed by atoms with Crippen molar-refractivity contribution in [1.82, 2.24) is 0 Å². The zero-order valence-electron chi connectivity index (χ0n) is 13.9. The number of methoxy groups -OCH3 is 2. The highest BCUT2D eigenvalue weighted by molar-refractivity contribution is 5.46. The van der Waals surface area contributed by atoms with Crippen LogP contribution in [0.25, 0.3) is 0 Å². The number of ether oxygens (including phenoxy) is 3. The van der Waals surface area contributed by atoms with Crippen molar-refractivity contribution in [3.05, 3.63) is 59.2 Å². The molecule has 23 heavy (non-hydrogen) atoms. The van der Waals surface area contributed by atoms with E-state index < -0.39 is 6.10 Å². The van der Waals surface area contributed by atoms with Crippen LogP contribution in [0.4, 0.5) is 0 Å². The molecule has 0 bridgehead atoms. The van der Waals surface area contributed by atoms with Crippen LogP contribution in [0.3, 0.4) is 0 Å². The second kappa shape index (κ2) is 8.56. The fraction of sp³-hybridized carbons (Fsp3) is 0.368. The van der Waals surface area contributed by atoms with E-state index in [1.807, 2.05) is 30.3 Å². The molecule has 124 valence electrons. The van der Waals surface area contributed by atoms with Crippen molar-refractivity contribution >= 4 is 0 Å². The minimum atomic E-state index is -0.740. The van der Waals surface area contributed by atoms with Gasteiger partial charge in [-0.15, -0.1) is 0 Å². The van der Waals surface area contributed by atoms with E-state index >= 15 is 0 Å². The molecule has 0 aliphatic heterocycles. The second-order valence-corrected chi connectivity index (χ2v) is 5.27. The molecule has 0 spiro atoms. The minimum Gasteiger partial charge on any atom is -0.493 e. The summed E-state index contributed by atoms with van der Waals surface area (Å²) >= 11 is 0. The molecule has 0 aromatic heterocycles. The molecule has 0 amide bonds. The van der Waals surface area contributed by atoms with Gasteiger partial charge in [0.25, 0.3) is 0 Å². The quantitative estimate of drug-likeness (QED) is 0.754. The van der Waals surface area contributed by atoms with Crippen LogP contribution in [0, 0.1) is 0 Å². The smallest absolute Gasteiger partial charge is 0.161 e. The van der Waals surface area contributed by atoms with Crippen LogP contribution in [0.1, 0.15) is 36.1 Å². The SMILES string of the molecule is CCCOCc1ccccc1C(O)c1ccc(OC)c(OC)c1. The highest BCUT2D eigenvalue weighted by atomic mass is 16.5. The van der Waals surface area contributed by atoms with Crippen LogP contribution >= 0.6 is 0 Å². The first-order valence-electron chi connectivity index (χ1n) is 7.76. The number of benzene rings is 2. The van der Waals surface area contributed by atoms with E-state index in [9.17, 15) is 5.11 Å². The zero-order valence-corrected chi connectivity index (χ0v) is 13.9. The summed E-state index contributed by atoms with van der Waals surface area (Å²) in [5.74, 6) is 1.24. The molecule has 0 radical (unpaired) electrons. The van der Waals surface area contributed by atoms with Crippen molar-refractivity contribution < 1.29 is 19.3 Å². The Morgan fingerprint density at radius 2 is 1.74 bits per heavy atom. The van der Waals surface area contributed by atoms with Gasteiger partial charge in [-0.3, -0.25) is 0 Å². The summed E-state index contributed by atoms with van der Waals surface area (Å²) in [7, 11) is 3.18. The summed E-state index contributed by atoms with van der Waals surface area (Å²) in [4.78, 5) is 0. The molecule has 0 fully saturated rings. The van der Waals surface area contributed by atoms with Gasteiger partial charge >= 0.3 is 0 Å². The van der Waals surface area contributed by atoms with Crippen molar-refractivity contribution in [2.45, 2.75) is 26.1 Å². The highest BCUT2D eigenvalue weighted by Gasteiger charge is 2.16. The van der Waals surface area contributed by atoms with Gasteiger partial charge in [-0.1, -0.05) is 37.3 Å². The molecular formula is C19H24O4. The largest absolute Gasteiger partial charge is 0.493 e. The molecule has 1 atom stereocenters. The zero-order chi connectivity index (χ0) is 16.7. The lowest BCUT2D eigenvalue weighted by atomic mass is 9.97. The lowest BCUT2D eigenvalue weighted by Gasteiger charge is -2.17. The second-order valence-electron chi connectivity index (χ2n) is 5.27. The normalized spacial score (nSPS) is 12.0. The number of aliphatic hydroxyl groups excluding tert-OH is 1. The maximum atomic E-state index is 10.8. The van der Waals surface area contributed by atoms with Crippen molar-refractivity contribution in [1.29, 1.82) is 0 Å². The van der Waals surface area contributed by atoms with Crippen molar-refractivity contribution in [3.63, 3.8) is 0 Å². The first-order chi connectivity index (χ1) is 11.2. The summed E-state index contributed by atoms with van der Waals surface area (Å²) in [6.07, 6.45) is 0.233. The Balaban J connectivity index is 2.28. The Kier molecular flexibility index (Phi) is 6.44. The summed E-state index contributed by atoms with van der Waals surface area (Å²) in [6.45, 7) is 3.28. The van der Waals surface area contributed by atoms with Gasteiger partial charge in [0.05, 0.1) is 20.8 Å². The van der Waals surface area contributed by atoms with Crippen LogP contribution < -0.4 is 9.47 Å². The Morgan fingerprint density at radius 1 is 1.00 bits per heavy atom. The topological polar surface area (TPSA) is 47.9 Å². The standard InChI is InChI=1S/C19H24O4/c1-4-11-23-13-15-7-5-6-8-16(15)19(20)14-9-10-17(21-2)18(12-14)22-3/h5-10,12,19-20H,4,11,13H2,1-3H3. The Labute approximate surface area is 137 Å². The van der Waals surface area contributed by atoms with E-state index in [0.717, 1.165) is 23.1 Å². The summed E-state index contributed by atoms with van der Waals surface area (Å²) in [6, 6.07) is 13.2. The Morgan fingerprint density at radius 3 is 2.43 bits per heavy atom. The predicted molar refractivity (Wildman–Crippen MR) is 90.0 cm³/mol. The Bertz CT molecular complexity index is 625. The minimum absolute atomic E-state index is 0.494. The van der Waals surface area contributed by atoms with Crippen LogP contribution in [0.2, 0.25) is 0 Å². The number of hydrogen-bond donors (Lipinski definition) is 1. The van der Waals surface area contributed by atoms with E-state index in [0.29, 0.717) is 24.7 Å². The van der Waals surface area contributed by atoms with Crippen LogP contribution in [-0.2, 0) is 11.3 Å². The third-order valence-corrected chi connectivity index (χ3v) is 3.68. The monoisotopic (exact) mass is 316 g/mol. The maximum Gasteiger partial charge on any atom is 0.161 e. The third-order valence-electron chi connectivity index (χ3n) is 3.68. The fourth-order valence-corrected chi connectivity index (χ4v) is 2.46. The van der Waals surface area contributed by atoms with E-state index in [2.05, 4.69) is 6.92 Å². The average molecular weight is 316 g/mol.